The summed E-state index contributed by atoms with van der Waals surface area (Å²) in [5.74, 6) is -0.936. The monoisotopic (exact) mass is 292 g/mol. The van der Waals surface area contributed by atoms with E-state index in [0.717, 1.165) is 11.3 Å². The van der Waals surface area contributed by atoms with Gasteiger partial charge in [0.15, 0.2) is 0 Å². The molecule has 1 atom stereocenters. The Morgan fingerprint density at radius 3 is 2.48 bits per heavy atom. The summed E-state index contributed by atoms with van der Waals surface area (Å²) in [5, 5.41) is 15.1. The van der Waals surface area contributed by atoms with Gasteiger partial charge in [0.05, 0.1) is 5.92 Å². The number of carboxylic acid groups (broad SMARTS) is 1. The number of carbonyl (C=O) groups is 2. The van der Waals surface area contributed by atoms with E-state index in [2.05, 4.69) is 10.6 Å². The van der Waals surface area contributed by atoms with Crippen molar-refractivity contribution in [2.45, 2.75) is 33.7 Å². The molecule has 5 heteroatoms. The van der Waals surface area contributed by atoms with Gasteiger partial charge in [-0.15, -0.1) is 0 Å². The Balaban J connectivity index is 2.58. The molecule has 0 saturated carbocycles. The highest BCUT2D eigenvalue weighted by Gasteiger charge is 2.18. The molecule has 0 saturated heterocycles. The van der Waals surface area contributed by atoms with Crippen LogP contribution in [0.1, 0.15) is 32.8 Å². The minimum Gasteiger partial charge on any atom is -0.481 e. The smallest absolute Gasteiger partial charge is 0.307 e. The second-order valence-electron chi connectivity index (χ2n) is 5.63. The van der Waals surface area contributed by atoms with E-state index >= 15 is 0 Å². The Morgan fingerprint density at radius 2 is 1.90 bits per heavy atom. The minimum atomic E-state index is -0.772. The van der Waals surface area contributed by atoms with Crippen LogP contribution in [0.25, 0.3) is 0 Å². The number of carboxylic acids is 1. The standard InChI is InChI=1S/C16H24N2O3/c1-11(2)8-14(16(20)21)10-17-9-13-6-4-5-7-15(13)18-12(3)19/h4-7,11,14,17H,8-10H2,1-3H3,(H,18,19)(H,20,21). The maximum absolute atomic E-state index is 11.2. The SMILES string of the molecule is CC(=O)Nc1ccccc1CNCC(CC(C)C)C(=O)O. The van der Waals surface area contributed by atoms with Gasteiger partial charge in [0.2, 0.25) is 5.91 Å². The lowest BCUT2D eigenvalue weighted by atomic mass is 9.97. The Bertz CT molecular complexity index is 486. The number of nitrogens with one attached hydrogen (secondary N) is 2. The van der Waals surface area contributed by atoms with Crippen molar-refractivity contribution in [2.24, 2.45) is 11.8 Å². The van der Waals surface area contributed by atoms with Crippen molar-refractivity contribution < 1.29 is 14.7 Å². The average molecular weight is 292 g/mol. The zero-order valence-electron chi connectivity index (χ0n) is 12.8. The molecule has 3 N–H and O–H groups in total. The number of carbonyl (C=O) groups excluding carboxylic acids is 1. The number of hydrogen-bond donors (Lipinski definition) is 3. The van der Waals surface area contributed by atoms with Crippen molar-refractivity contribution >= 4 is 17.6 Å². The number of para-hydroxylation sites is 1. The first kappa shape index (κ1) is 17.2. The van der Waals surface area contributed by atoms with Crippen molar-refractivity contribution in [3.05, 3.63) is 29.8 Å². The fourth-order valence-electron chi connectivity index (χ4n) is 2.21. The first-order valence-electron chi connectivity index (χ1n) is 7.19. The Labute approximate surface area is 125 Å². The number of benzene rings is 1. The molecule has 0 spiro atoms. The van der Waals surface area contributed by atoms with Crippen LogP contribution in [0.4, 0.5) is 5.69 Å². The van der Waals surface area contributed by atoms with Gasteiger partial charge in [-0.25, -0.2) is 0 Å². The van der Waals surface area contributed by atoms with Crippen molar-refractivity contribution in [3.8, 4) is 0 Å². The van der Waals surface area contributed by atoms with Gasteiger partial charge in [0, 0.05) is 25.7 Å². The van der Waals surface area contributed by atoms with Crippen LogP contribution in [-0.4, -0.2) is 23.5 Å². The highest BCUT2D eigenvalue weighted by Crippen LogP contribution is 2.15. The number of hydrogen-bond acceptors (Lipinski definition) is 3. The summed E-state index contributed by atoms with van der Waals surface area (Å²) in [6, 6.07) is 7.50. The van der Waals surface area contributed by atoms with Crippen molar-refractivity contribution in [1.82, 2.24) is 5.32 Å². The first-order chi connectivity index (χ1) is 9.90. The molecule has 0 aromatic heterocycles. The van der Waals surface area contributed by atoms with E-state index in [1.165, 1.54) is 6.92 Å². The number of rotatable bonds is 8. The molecule has 1 rings (SSSR count). The molecule has 0 radical (unpaired) electrons. The van der Waals surface area contributed by atoms with Gasteiger partial charge >= 0.3 is 5.97 Å². The summed E-state index contributed by atoms with van der Waals surface area (Å²) in [5.41, 5.74) is 1.70. The second-order valence-corrected chi connectivity index (χ2v) is 5.63. The molecule has 0 aliphatic carbocycles. The Morgan fingerprint density at radius 1 is 1.24 bits per heavy atom. The summed E-state index contributed by atoms with van der Waals surface area (Å²) < 4.78 is 0. The average Bonchev–Trinajstić information content (AvgIpc) is 2.38. The summed E-state index contributed by atoms with van der Waals surface area (Å²) in [6.45, 7) is 6.44. The highest BCUT2D eigenvalue weighted by molar-refractivity contribution is 5.89. The van der Waals surface area contributed by atoms with Crippen LogP contribution in [-0.2, 0) is 16.1 Å². The third-order valence-electron chi connectivity index (χ3n) is 3.14. The van der Waals surface area contributed by atoms with Gasteiger partial charge in [-0.3, -0.25) is 9.59 Å². The molecule has 1 unspecified atom stereocenters. The molecule has 21 heavy (non-hydrogen) atoms. The lowest BCUT2D eigenvalue weighted by Gasteiger charge is -2.16. The van der Waals surface area contributed by atoms with E-state index in [9.17, 15) is 14.7 Å². The molecular formula is C16H24N2O3. The van der Waals surface area contributed by atoms with Crippen LogP contribution >= 0.6 is 0 Å². The molecule has 0 aliphatic rings. The van der Waals surface area contributed by atoms with E-state index in [4.69, 9.17) is 0 Å². The predicted molar refractivity (Wildman–Crippen MR) is 83.0 cm³/mol. The lowest BCUT2D eigenvalue weighted by molar-refractivity contribution is -0.142. The summed E-state index contributed by atoms with van der Waals surface area (Å²) in [4.78, 5) is 22.3. The zero-order valence-corrected chi connectivity index (χ0v) is 12.8. The number of amides is 1. The highest BCUT2D eigenvalue weighted by atomic mass is 16.4. The topological polar surface area (TPSA) is 78.4 Å². The van der Waals surface area contributed by atoms with E-state index in [0.29, 0.717) is 25.4 Å². The Kier molecular flexibility index (Phi) is 6.88. The Hall–Kier alpha value is -1.88. The molecular weight excluding hydrogens is 268 g/mol. The third-order valence-corrected chi connectivity index (χ3v) is 3.14. The molecule has 1 aromatic rings. The normalized spacial score (nSPS) is 12.2. The van der Waals surface area contributed by atoms with Gasteiger partial charge < -0.3 is 15.7 Å². The van der Waals surface area contributed by atoms with Gasteiger partial charge in [-0.1, -0.05) is 32.0 Å². The summed E-state index contributed by atoms with van der Waals surface area (Å²) >= 11 is 0. The van der Waals surface area contributed by atoms with Crippen LogP contribution in [0.15, 0.2) is 24.3 Å². The van der Waals surface area contributed by atoms with E-state index in [1.54, 1.807) is 0 Å². The van der Waals surface area contributed by atoms with Crippen molar-refractivity contribution in [2.75, 3.05) is 11.9 Å². The molecule has 0 heterocycles. The van der Waals surface area contributed by atoms with Crippen molar-refractivity contribution in [1.29, 1.82) is 0 Å². The molecule has 0 aliphatic heterocycles. The molecule has 1 aromatic carbocycles. The quantitative estimate of drug-likeness (QED) is 0.688. The zero-order chi connectivity index (χ0) is 15.8. The number of aliphatic carboxylic acids is 1. The molecule has 0 fully saturated rings. The summed E-state index contributed by atoms with van der Waals surface area (Å²) in [7, 11) is 0. The fraction of sp³-hybridized carbons (Fsp3) is 0.500. The number of anilines is 1. The van der Waals surface area contributed by atoms with Crippen LogP contribution in [0, 0.1) is 11.8 Å². The molecule has 5 nitrogen and oxygen atoms in total. The maximum atomic E-state index is 11.2. The van der Waals surface area contributed by atoms with Crippen LogP contribution in [0.3, 0.4) is 0 Å². The predicted octanol–water partition coefficient (Wildman–Crippen LogP) is 2.48. The van der Waals surface area contributed by atoms with Crippen LogP contribution in [0.2, 0.25) is 0 Å². The third kappa shape index (κ3) is 6.40. The summed E-state index contributed by atoms with van der Waals surface area (Å²) in [6.07, 6.45) is 0.648. The maximum Gasteiger partial charge on any atom is 0.307 e. The van der Waals surface area contributed by atoms with Gasteiger partial charge in [0.25, 0.3) is 0 Å². The first-order valence-corrected chi connectivity index (χ1v) is 7.19. The van der Waals surface area contributed by atoms with E-state index < -0.39 is 11.9 Å². The molecule has 1 amide bonds. The largest absolute Gasteiger partial charge is 0.481 e. The minimum absolute atomic E-state index is 0.120. The van der Waals surface area contributed by atoms with Crippen LogP contribution in [0.5, 0.6) is 0 Å². The van der Waals surface area contributed by atoms with Gasteiger partial charge in [-0.05, 0) is 24.0 Å². The second kappa shape index (κ2) is 8.42. The van der Waals surface area contributed by atoms with Crippen molar-refractivity contribution in [3.63, 3.8) is 0 Å². The van der Waals surface area contributed by atoms with E-state index in [-0.39, 0.29) is 5.91 Å². The lowest BCUT2D eigenvalue weighted by Crippen LogP contribution is -2.29. The molecule has 0 bridgehead atoms. The van der Waals surface area contributed by atoms with Gasteiger partial charge in [0.1, 0.15) is 0 Å². The van der Waals surface area contributed by atoms with Crippen LogP contribution < -0.4 is 10.6 Å². The molecule has 116 valence electrons. The van der Waals surface area contributed by atoms with Gasteiger partial charge in [-0.2, -0.15) is 0 Å². The van der Waals surface area contributed by atoms with E-state index in [1.807, 2.05) is 38.1 Å². The fourth-order valence-corrected chi connectivity index (χ4v) is 2.21.